The molecule has 5 heteroatoms. The van der Waals surface area contributed by atoms with Gasteiger partial charge in [-0.2, -0.15) is 0 Å². The Labute approximate surface area is 185 Å². The maximum Gasteiger partial charge on any atom is 0.162 e. The number of rotatable bonds is 5. The second-order valence-electron chi connectivity index (χ2n) is 9.29. The van der Waals surface area contributed by atoms with Gasteiger partial charge in [0.05, 0.1) is 11.4 Å². The molecule has 1 aromatic heterocycles. The van der Waals surface area contributed by atoms with E-state index in [2.05, 4.69) is 70.1 Å². The molecular weight excluding hydrogens is 386 g/mol. The van der Waals surface area contributed by atoms with E-state index in [-0.39, 0.29) is 5.41 Å². The van der Waals surface area contributed by atoms with Crippen molar-refractivity contribution in [3.63, 3.8) is 0 Å². The summed E-state index contributed by atoms with van der Waals surface area (Å²) < 4.78 is 11.5. The minimum absolute atomic E-state index is 0.122. The molecule has 0 atom stereocenters. The van der Waals surface area contributed by atoms with Gasteiger partial charge in [-0.25, -0.2) is 9.97 Å². The molecule has 0 spiro atoms. The number of ether oxygens (including phenoxy) is 2. The van der Waals surface area contributed by atoms with Crippen molar-refractivity contribution in [3.8, 4) is 34.0 Å². The molecule has 3 aromatic rings. The molecule has 0 aliphatic carbocycles. The van der Waals surface area contributed by atoms with Crippen LogP contribution in [-0.2, 0) is 11.8 Å². The Morgan fingerprint density at radius 1 is 0.806 bits per heavy atom. The Morgan fingerprint density at radius 2 is 1.42 bits per heavy atom. The lowest BCUT2D eigenvalue weighted by Crippen LogP contribution is -2.17. The first-order valence-electron chi connectivity index (χ1n) is 10.8. The molecule has 5 nitrogen and oxygen atoms in total. The van der Waals surface area contributed by atoms with Crippen LogP contribution in [0.25, 0.3) is 22.5 Å². The highest BCUT2D eigenvalue weighted by Gasteiger charge is 2.16. The van der Waals surface area contributed by atoms with E-state index in [1.807, 2.05) is 18.2 Å². The summed E-state index contributed by atoms with van der Waals surface area (Å²) in [5.41, 5.74) is 5.37. The predicted molar refractivity (Wildman–Crippen MR) is 125 cm³/mol. The standard InChI is InChI=1S/C26H31N3O2/c1-26(2,3)20-9-6-18(7-10-20)21-17-22(28-25(27-21)12-13-29(4)5)19-8-11-23-24(16-19)31-15-14-30-23/h6-11,16-17H,12-15H2,1-5H3. The number of hydrogen-bond acceptors (Lipinski definition) is 5. The van der Waals surface area contributed by atoms with Crippen LogP contribution in [0.5, 0.6) is 11.5 Å². The number of benzene rings is 2. The lowest BCUT2D eigenvalue weighted by atomic mass is 9.86. The molecule has 0 saturated carbocycles. The topological polar surface area (TPSA) is 47.5 Å². The van der Waals surface area contributed by atoms with E-state index in [9.17, 15) is 0 Å². The zero-order chi connectivity index (χ0) is 22.0. The van der Waals surface area contributed by atoms with Gasteiger partial charge in [0, 0.05) is 24.1 Å². The largest absolute Gasteiger partial charge is 0.486 e. The molecule has 0 saturated heterocycles. The Kier molecular flexibility index (Phi) is 5.96. The maximum absolute atomic E-state index is 5.78. The molecular formula is C26H31N3O2. The normalized spacial score (nSPS) is 13.5. The molecule has 0 N–H and O–H groups in total. The summed E-state index contributed by atoms with van der Waals surface area (Å²) in [5, 5.41) is 0. The van der Waals surface area contributed by atoms with Gasteiger partial charge >= 0.3 is 0 Å². The fourth-order valence-electron chi connectivity index (χ4n) is 3.57. The van der Waals surface area contributed by atoms with Crippen molar-refractivity contribution < 1.29 is 9.47 Å². The van der Waals surface area contributed by atoms with Crippen molar-refractivity contribution >= 4 is 0 Å². The molecule has 2 aromatic carbocycles. The highest BCUT2D eigenvalue weighted by molar-refractivity contribution is 5.70. The van der Waals surface area contributed by atoms with E-state index in [0.29, 0.717) is 13.2 Å². The van der Waals surface area contributed by atoms with Crippen LogP contribution in [0.4, 0.5) is 0 Å². The maximum atomic E-state index is 5.78. The molecule has 1 aliphatic heterocycles. The van der Waals surface area contributed by atoms with Gasteiger partial charge in [0.15, 0.2) is 11.5 Å². The summed E-state index contributed by atoms with van der Waals surface area (Å²) in [4.78, 5) is 11.9. The Hall–Kier alpha value is -2.92. The average molecular weight is 418 g/mol. The van der Waals surface area contributed by atoms with E-state index in [4.69, 9.17) is 19.4 Å². The van der Waals surface area contributed by atoms with E-state index >= 15 is 0 Å². The van der Waals surface area contributed by atoms with Gasteiger partial charge in [-0.1, -0.05) is 45.0 Å². The second-order valence-corrected chi connectivity index (χ2v) is 9.29. The zero-order valence-corrected chi connectivity index (χ0v) is 19.1. The quantitative estimate of drug-likeness (QED) is 0.586. The number of hydrogen-bond donors (Lipinski definition) is 0. The molecule has 4 rings (SSSR count). The first-order chi connectivity index (χ1) is 14.8. The van der Waals surface area contributed by atoms with Gasteiger partial charge in [-0.3, -0.25) is 0 Å². The van der Waals surface area contributed by atoms with Crippen molar-refractivity contribution in [1.82, 2.24) is 14.9 Å². The minimum Gasteiger partial charge on any atom is -0.486 e. The third-order valence-electron chi connectivity index (χ3n) is 5.44. The Bertz CT molecular complexity index is 1050. The van der Waals surface area contributed by atoms with Crippen LogP contribution in [0.3, 0.4) is 0 Å². The van der Waals surface area contributed by atoms with Crippen LogP contribution >= 0.6 is 0 Å². The summed E-state index contributed by atoms with van der Waals surface area (Å²) >= 11 is 0. The second kappa shape index (κ2) is 8.67. The molecule has 0 fully saturated rings. The van der Waals surface area contributed by atoms with Gasteiger partial charge < -0.3 is 14.4 Å². The monoisotopic (exact) mass is 417 g/mol. The Balaban J connectivity index is 1.74. The zero-order valence-electron chi connectivity index (χ0n) is 19.1. The smallest absolute Gasteiger partial charge is 0.162 e. The third kappa shape index (κ3) is 5.05. The first-order valence-corrected chi connectivity index (χ1v) is 10.8. The van der Waals surface area contributed by atoms with E-state index in [1.165, 1.54) is 5.56 Å². The molecule has 0 amide bonds. The van der Waals surface area contributed by atoms with Gasteiger partial charge in [0.25, 0.3) is 0 Å². The first kappa shape index (κ1) is 21.3. The van der Waals surface area contributed by atoms with Crippen LogP contribution in [-0.4, -0.2) is 48.7 Å². The SMILES string of the molecule is CN(C)CCc1nc(-c2ccc(C(C)(C)C)cc2)cc(-c2ccc3c(c2)OCCO3)n1. The molecule has 0 unspecified atom stereocenters. The van der Waals surface area contributed by atoms with Crippen LogP contribution in [0, 0.1) is 0 Å². The highest BCUT2D eigenvalue weighted by atomic mass is 16.6. The van der Waals surface area contributed by atoms with Gasteiger partial charge in [-0.05, 0) is 49.3 Å². The number of aromatic nitrogens is 2. The van der Waals surface area contributed by atoms with Gasteiger partial charge in [0.1, 0.15) is 19.0 Å². The van der Waals surface area contributed by atoms with Crippen molar-refractivity contribution in [2.24, 2.45) is 0 Å². The van der Waals surface area contributed by atoms with Crippen molar-refractivity contribution in [1.29, 1.82) is 0 Å². The minimum atomic E-state index is 0.122. The third-order valence-corrected chi connectivity index (χ3v) is 5.44. The molecule has 0 radical (unpaired) electrons. The van der Waals surface area contributed by atoms with E-state index < -0.39 is 0 Å². The summed E-state index contributed by atoms with van der Waals surface area (Å²) in [6.45, 7) is 8.74. The average Bonchev–Trinajstić information content (AvgIpc) is 2.76. The van der Waals surface area contributed by atoms with Gasteiger partial charge in [0.2, 0.25) is 0 Å². The number of fused-ring (bicyclic) bond motifs is 1. The van der Waals surface area contributed by atoms with Crippen LogP contribution in [0.15, 0.2) is 48.5 Å². The van der Waals surface area contributed by atoms with E-state index in [0.717, 1.165) is 52.8 Å². The number of nitrogens with zero attached hydrogens (tertiary/aromatic N) is 3. The summed E-state index contributed by atoms with van der Waals surface area (Å²) in [5.74, 6) is 2.40. The fourth-order valence-corrected chi connectivity index (χ4v) is 3.57. The molecule has 31 heavy (non-hydrogen) atoms. The highest BCUT2D eigenvalue weighted by Crippen LogP contribution is 2.35. The predicted octanol–water partition coefficient (Wildman–Crippen LogP) is 4.98. The lowest BCUT2D eigenvalue weighted by Gasteiger charge is -2.20. The van der Waals surface area contributed by atoms with Gasteiger partial charge in [-0.15, -0.1) is 0 Å². The van der Waals surface area contributed by atoms with Crippen LogP contribution in [0.2, 0.25) is 0 Å². The molecule has 2 heterocycles. The summed E-state index contributed by atoms with van der Waals surface area (Å²) in [7, 11) is 4.13. The van der Waals surface area contributed by atoms with Crippen LogP contribution in [0.1, 0.15) is 32.2 Å². The Morgan fingerprint density at radius 3 is 2.06 bits per heavy atom. The lowest BCUT2D eigenvalue weighted by molar-refractivity contribution is 0.171. The van der Waals surface area contributed by atoms with Crippen molar-refractivity contribution in [3.05, 3.63) is 59.9 Å². The fraction of sp³-hybridized carbons (Fsp3) is 0.385. The summed E-state index contributed by atoms with van der Waals surface area (Å²) in [6.07, 6.45) is 0.790. The molecule has 1 aliphatic rings. The van der Waals surface area contributed by atoms with E-state index in [1.54, 1.807) is 0 Å². The molecule has 0 bridgehead atoms. The van der Waals surface area contributed by atoms with Crippen molar-refractivity contribution in [2.45, 2.75) is 32.6 Å². The summed E-state index contributed by atoms with van der Waals surface area (Å²) in [6, 6.07) is 16.8. The van der Waals surface area contributed by atoms with Crippen LogP contribution < -0.4 is 9.47 Å². The van der Waals surface area contributed by atoms with Crippen molar-refractivity contribution in [2.75, 3.05) is 33.9 Å². The number of likely N-dealkylation sites (N-methyl/N-ethyl adjacent to an activating group) is 1. The molecule has 162 valence electrons.